The van der Waals surface area contributed by atoms with Gasteiger partial charge in [0.15, 0.2) is 6.10 Å². The van der Waals surface area contributed by atoms with E-state index < -0.39 is 16.1 Å². The second kappa shape index (κ2) is 5.80. The Labute approximate surface area is 118 Å². The molecule has 0 unspecified atom stereocenters. The predicted octanol–water partition coefficient (Wildman–Crippen LogP) is 0.602. The number of methoxy groups -OCH3 is 1. The molecule has 1 aromatic rings. The molecule has 6 nitrogen and oxygen atoms in total. The number of esters is 1. The van der Waals surface area contributed by atoms with Gasteiger partial charge in [-0.2, -0.15) is 0 Å². The molecule has 0 radical (unpaired) electrons. The van der Waals surface area contributed by atoms with Crippen molar-refractivity contribution in [3.05, 3.63) is 29.3 Å². The van der Waals surface area contributed by atoms with Crippen LogP contribution in [-0.2, 0) is 32.5 Å². The summed E-state index contributed by atoms with van der Waals surface area (Å²) >= 11 is 0. The van der Waals surface area contributed by atoms with Gasteiger partial charge in [-0.15, -0.1) is 0 Å². The number of ether oxygens (including phenoxy) is 2. The molecule has 0 aliphatic carbocycles. The Morgan fingerprint density at radius 1 is 1.50 bits per heavy atom. The first-order valence-corrected chi connectivity index (χ1v) is 8.09. The summed E-state index contributed by atoms with van der Waals surface area (Å²) in [4.78, 5) is 11.4. The molecule has 0 bridgehead atoms. The molecule has 0 amide bonds. The fourth-order valence-corrected chi connectivity index (χ4v) is 2.49. The summed E-state index contributed by atoms with van der Waals surface area (Å²) in [6, 6.07) is 5.42. The number of carbonyl (C=O) groups excluding carboxylic acids is 1. The van der Waals surface area contributed by atoms with Gasteiger partial charge in [-0.25, -0.2) is 17.9 Å². The minimum Gasteiger partial charge on any atom is -0.478 e. The smallest absolute Gasteiger partial charge is 0.347 e. The van der Waals surface area contributed by atoms with Crippen LogP contribution in [0, 0.1) is 0 Å². The van der Waals surface area contributed by atoms with E-state index in [1.54, 1.807) is 12.1 Å². The van der Waals surface area contributed by atoms with E-state index in [2.05, 4.69) is 9.46 Å². The molecule has 1 atom stereocenters. The molecule has 2 rings (SSSR count). The maximum Gasteiger partial charge on any atom is 0.347 e. The van der Waals surface area contributed by atoms with Crippen molar-refractivity contribution >= 4 is 16.0 Å². The molecule has 1 N–H and O–H groups in total. The zero-order chi connectivity index (χ0) is 14.8. The molecule has 20 heavy (non-hydrogen) atoms. The van der Waals surface area contributed by atoms with Gasteiger partial charge in [0.2, 0.25) is 10.0 Å². The highest BCUT2D eigenvalue weighted by Gasteiger charge is 2.26. The number of sulfonamides is 1. The zero-order valence-corrected chi connectivity index (χ0v) is 12.2. The van der Waals surface area contributed by atoms with E-state index in [1.807, 2.05) is 6.07 Å². The summed E-state index contributed by atoms with van der Waals surface area (Å²) in [7, 11) is -1.87. The van der Waals surface area contributed by atoms with Crippen molar-refractivity contribution in [3.63, 3.8) is 0 Å². The zero-order valence-electron chi connectivity index (χ0n) is 11.4. The average Bonchev–Trinajstić information content (AvgIpc) is 2.42. The highest BCUT2D eigenvalue weighted by molar-refractivity contribution is 7.88. The summed E-state index contributed by atoms with van der Waals surface area (Å²) in [5, 5.41) is 0. The van der Waals surface area contributed by atoms with Crippen molar-refractivity contribution in [2.24, 2.45) is 0 Å². The van der Waals surface area contributed by atoms with Gasteiger partial charge < -0.3 is 9.47 Å². The molecule has 7 heteroatoms. The molecule has 0 aromatic heterocycles. The molecule has 0 saturated heterocycles. The van der Waals surface area contributed by atoms with Crippen molar-refractivity contribution in [1.29, 1.82) is 0 Å². The Bertz CT molecular complexity index is 611. The molecule has 1 aliphatic rings. The van der Waals surface area contributed by atoms with E-state index >= 15 is 0 Å². The highest BCUT2D eigenvalue weighted by atomic mass is 32.2. The summed E-state index contributed by atoms with van der Waals surface area (Å²) in [6.07, 6.45) is 1.81. The van der Waals surface area contributed by atoms with Crippen molar-refractivity contribution in [3.8, 4) is 5.75 Å². The van der Waals surface area contributed by atoms with Crippen LogP contribution in [0.15, 0.2) is 18.2 Å². The first-order valence-electron chi connectivity index (χ1n) is 6.20. The maximum atomic E-state index is 11.4. The number of carbonyl (C=O) groups is 1. The Hall–Kier alpha value is -1.60. The van der Waals surface area contributed by atoms with Crippen LogP contribution in [0.1, 0.15) is 17.5 Å². The fourth-order valence-electron chi connectivity index (χ4n) is 2.06. The molecule has 0 spiro atoms. The lowest BCUT2D eigenvalue weighted by Gasteiger charge is -2.24. The average molecular weight is 299 g/mol. The van der Waals surface area contributed by atoms with Crippen LogP contribution >= 0.6 is 0 Å². The summed E-state index contributed by atoms with van der Waals surface area (Å²) in [5.74, 6) is 0.272. The molecule has 0 fully saturated rings. The second-order valence-electron chi connectivity index (χ2n) is 4.70. The van der Waals surface area contributed by atoms with Crippen LogP contribution in [0.2, 0.25) is 0 Å². The lowest BCUT2D eigenvalue weighted by molar-refractivity contribution is -0.149. The van der Waals surface area contributed by atoms with E-state index in [9.17, 15) is 13.2 Å². The van der Waals surface area contributed by atoms with Crippen LogP contribution in [-0.4, -0.2) is 33.9 Å². The van der Waals surface area contributed by atoms with Crippen LogP contribution in [0.4, 0.5) is 0 Å². The van der Waals surface area contributed by atoms with Gasteiger partial charge in [-0.05, 0) is 30.0 Å². The van der Waals surface area contributed by atoms with Gasteiger partial charge >= 0.3 is 5.97 Å². The molecular formula is C13H17NO5S. The molecule has 110 valence electrons. The van der Waals surface area contributed by atoms with E-state index in [1.165, 1.54) is 7.11 Å². The van der Waals surface area contributed by atoms with Crippen LogP contribution in [0.3, 0.4) is 0 Å². The number of hydrogen-bond donors (Lipinski definition) is 1. The van der Waals surface area contributed by atoms with Gasteiger partial charge in [0.1, 0.15) is 5.75 Å². The number of hydrogen-bond acceptors (Lipinski definition) is 5. The standard InChI is InChI=1S/C13H17NO5S/c1-18-13(15)12-6-4-10-7-9(3-5-11(10)19-12)8-14-20(2,16)17/h3,5,7,12,14H,4,6,8H2,1-2H3/t12-/m1/s1. The fraction of sp³-hybridized carbons (Fsp3) is 0.462. The molecule has 1 heterocycles. The van der Waals surface area contributed by atoms with Crippen LogP contribution in [0.25, 0.3) is 0 Å². The Morgan fingerprint density at radius 3 is 2.90 bits per heavy atom. The maximum absolute atomic E-state index is 11.4. The van der Waals surface area contributed by atoms with Crippen molar-refractivity contribution in [2.45, 2.75) is 25.5 Å². The Kier molecular flexibility index (Phi) is 4.29. The van der Waals surface area contributed by atoms with E-state index in [0.717, 1.165) is 17.4 Å². The number of rotatable bonds is 4. The number of nitrogens with one attached hydrogen (secondary N) is 1. The topological polar surface area (TPSA) is 81.7 Å². The van der Waals surface area contributed by atoms with Gasteiger partial charge in [0.25, 0.3) is 0 Å². The summed E-state index contributed by atoms with van der Waals surface area (Å²) < 4.78 is 34.8. The summed E-state index contributed by atoms with van der Waals surface area (Å²) in [5.41, 5.74) is 1.83. The normalized spacial score (nSPS) is 18.0. The number of benzene rings is 1. The minimum atomic E-state index is -3.21. The lowest BCUT2D eigenvalue weighted by atomic mass is 10.00. The third-order valence-electron chi connectivity index (χ3n) is 3.07. The van der Waals surface area contributed by atoms with E-state index in [4.69, 9.17) is 4.74 Å². The van der Waals surface area contributed by atoms with Gasteiger partial charge in [0, 0.05) is 6.54 Å². The van der Waals surface area contributed by atoms with Crippen LogP contribution in [0.5, 0.6) is 5.75 Å². The monoisotopic (exact) mass is 299 g/mol. The molecule has 0 saturated carbocycles. The number of fused-ring (bicyclic) bond motifs is 1. The minimum absolute atomic E-state index is 0.243. The third-order valence-corrected chi connectivity index (χ3v) is 3.74. The van der Waals surface area contributed by atoms with Crippen molar-refractivity contribution in [2.75, 3.05) is 13.4 Å². The van der Waals surface area contributed by atoms with Gasteiger partial charge in [-0.1, -0.05) is 12.1 Å². The quantitative estimate of drug-likeness (QED) is 0.823. The summed E-state index contributed by atoms with van der Waals surface area (Å²) in [6.45, 7) is 0.243. The SMILES string of the molecule is COC(=O)[C@H]1CCc2cc(CNS(C)(=O)=O)ccc2O1. The lowest BCUT2D eigenvalue weighted by Crippen LogP contribution is -2.32. The van der Waals surface area contributed by atoms with Gasteiger partial charge in [-0.3, -0.25) is 0 Å². The predicted molar refractivity (Wildman–Crippen MR) is 72.9 cm³/mol. The Balaban J connectivity index is 2.09. The van der Waals surface area contributed by atoms with Crippen molar-refractivity contribution < 1.29 is 22.7 Å². The first kappa shape index (κ1) is 14.8. The van der Waals surface area contributed by atoms with E-state index in [-0.39, 0.29) is 12.5 Å². The first-order chi connectivity index (χ1) is 9.39. The molecule has 1 aliphatic heterocycles. The number of aryl methyl sites for hydroxylation is 1. The largest absolute Gasteiger partial charge is 0.478 e. The third kappa shape index (κ3) is 3.71. The Morgan fingerprint density at radius 2 is 2.25 bits per heavy atom. The van der Waals surface area contributed by atoms with E-state index in [0.29, 0.717) is 18.6 Å². The second-order valence-corrected chi connectivity index (χ2v) is 6.54. The highest BCUT2D eigenvalue weighted by Crippen LogP contribution is 2.28. The molecule has 1 aromatic carbocycles. The van der Waals surface area contributed by atoms with Gasteiger partial charge in [0.05, 0.1) is 13.4 Å². The van der Waals surface area contributed by atoms with Crippen molar-refractivity contribution in [1.82, 2.24) is 4.72 Å². The molecular weight excluding hydrogens is 282 g/mol. The van der Waals surface area contributed by atoms with Crippen LogP contribution < -0.4 is 9.46 Å².